The third-order valence-corrected chi connectivity index (χ3v) is 5.89. The molecule has 6 heteroatoms. The van der Waals surface area contributed by atoms with Crippen molar-refractivity contribution in [3.63, 3.8) is 0 Å². The lowest BCUT2D eigenvalue weighted by molar-refractivity contribution is -0.0584. The van der Waals surface area contributed by atoms with Crippen LogP contribution in [0.5, 0.6) is 0 Å². The van der Waals surface area contributed by atoms with E-state index in [9.17, 15) is 14.4 Å². The minimum absolute atomic E-state index is 0.258. The van der Waals surface area contributed by atoms with Crippen LogP contribution in [0.1, 0.15) is 74.0 Å². The first-order valence-electron chi connectivity index (χ1n) is 8.43. The van der Waals surface area contributed by atoms with E-state index in [1.807, 2.05) is 6.07 Å². The molecule has 1 aromatic heterocycles. The Balaban J connectivity index is 1.49. The highest BCUT2D eigenvalue weighted by Crippen LogP contribution is 2.36. The Morgan fingerprint density at radius 3 is 2.32 bits per heavy atom. The summed E-state index contributed by atoms with van der Waals surface area (Å²) in [5, 5.41) is 2.30. The van der Waals surface area contributed by atoms with E-state index in [0.717, 1.165) is 12.8 Å². The Hall–Kier alpha value is -2.47. The fourth-order valence-electron chi connectivity index (χ4n) is 3.45. The number of hydrogen-bond donors (Lipinski definition) is 0. The van der Waals surface area contributed by atoms with Crippen LogP contribution in [-0.2, 0) is 4.84 Å². The smallest absolute Gasteiger partial charge is 0.324 e. The maximum atomic E-state index is 12.4. The van der Waals surface area contributed by atoms with Gasteiger partial charge in [-0.15, -0.1) is 11.3 Å². The third kappa shape index (κ3) is 2.87. The van der Waals surface area contributed by atoms with Gasteiger partial charge in [0, 0.05) is 10.3 Å². The Kier molecular flexibility index (Phi) is 4.13. The van der Waals surface area contributed by atoms with Gasteiger partial charge < -0.3 is 4.84 Å². The van der Waals surface area contributed by atoms with Crippen molar-refractivity contribution in [1.29, 1.82) is 0 Å². The van der Waals surface area contributed by atoms with Crippen LogP contribution in [0.4, 0.5) is 0 Å². The van der Waals surface area contributed by atoms with Crippen LogP contribution in [0.3, 0.4) is 0 Å². The molecule has 2 amide bonds. The second kappa shape index (κ2) is 6.44. The molecule has 2 aliphatic rings. The van der Waals surface area contributed by atoms with E-state index in [2.05, 4.69) is 0 Å². The number of imide groups is 1. The fraction of sp³-hybridized carbons (Fsp3) is 0.316. The maximum Gasteiger partial charge on any atom is 0.364 e. The number of fused-ring (bicyclic) bond motifs is 1. The van der Waals surface area contributed by atoms with Gasteiger partial charge in [-0.1, -0.05) is 36.5 Å². The summed E-state index contributed by atoms with van der Waals surface area (Å²) in [6, 6.07) is 8.28. The predicted molar refractivity (Wildman–Crippen MR) is 92.5 cm³/mol. The normalized spacial score (nSPS) is 17.7. The molecule has 1 aromatic carbocycles. The van der Waals surface area contributed by atoms with Gasteiger partial charge in [0.05, 0.1) is 16.7 Å². The monoisotopic (exact) mass is 355 g/mol. The summed E-state index contributed by atoms with van der Waals surface area (Å²) in [5.74, 6) is -1.37. The average Bonchev–Trinajstić information content (AvgIpc) is 3.23. The molecular formula is C19H17NO4S. The van der Waals surface area contributed by atoms with Gasteiger partial charge in [-0.05, 0) is 37.0 Å². The van der Waals surface area contributed by atoms with Crippen LogP contribution in [0.2, 0.25) is 0 Å². The first kappa shape index (κ1) is 16.0. The van der Waals surface area contributed by atoms with Crippen molar-refractivity contribution >= 4 is 29.1 Å². The standard InChI is InChI=1S/C19H17NO4S/c21-17-14-8-4-5-9-15(14)18(22)20(17)24-19(23)13-10-16(25-11-13)12-6-2-1-3-7-12/h4-5,8-12H,1-3,6-7H2. The summed E-state index contributed by atoms with van der Waals surface area (Å²) >= 11 is 1.54. The molecule has 0 atom stereocenters. The zero-order valence-electron chi connectivity index (χ0n) is 13.6. The highest BCUT2D eigenvalue weighted by Gasteiger charge is 2.39. The Morgan fingerprint density at radius 1 is 1.04 bits per heavy atom. The molecule has 1 saturated carbocycles. The molecule has 128 valence electrons. The predicted octanol–water partition coefficient (Wildman–Crippen LogP) is 4.16. The SMILES string of the molecule is O=C(ON1C(=O)c2ccccc2C1=O)c1csc(C2CCCCC2)c1. The van der Waals surface area contributed by atoms with Crippen LogP contribution in [0, 0.1) is 0 Å². The van der Waals surface area contributed by atoms with Crippen molar-refractivity contribution in [1.82, 2.24) is 5.06 Å². The van der Waals surface area contributed by atoms with Gasteiger partial charge in [0.2, 0.25) is 0 Å². The van der Waals surface area contributed by atoms with E-state index in [1.165, 1.54) is 24.1 Å². The highest BCUT2D eigenvalue weighted by atomic mass is 32.1. The number of benzene rings is 1. The summed E-state index contributed by atoms with van der Waals surface area (Å²) in [7, 11) is 0. The van der Waals surface area contributed by atoms with Gasteiger partial charge in [-0.25, -0.2) is 4.79 Å². The van der Waals surface area contributed by atoms with E-state index in [-0.39, 0.29) is 11.1 Å². The third-order valence-electron chi connectivity index (χ3n) is 4.79. The first-order chi connectivity index (χ1) is 12.1. The van der Waals surface area contributed by atoms with Crippen molar-refractivity contribution in [3.8, 4) is 0 Å². The van der Waals surface area contributed by atoms with Gasteiger partial charge in [0.15, 0.2) is 0 Å². The Bertz CT molecular complexity index is 816. The molecular weight excluding hydrogens is 338 g/mol. The second-order valence-corrected chi connectivity index (χ2v) is 7.34. The molecule has 25 heavy (non-hydrogen) atoms. The topological polar surface area (TPSA) is 63.7 Å². The number of hydrogen-bond acceptors (Lipinski definition) is 5. The highest BCUT2D eigenvalue weighted by molar-refractivity contribution is 7.10. The van der Waals surface area contributed by atoms with E-state index < -0.39 is 17.8 Å². The molecule has 0 bridgehead atoms. The molecule has 0 N–H and O–H groups in total. The minimum Gasteiger partial charge on any atom is -0.324 e. The molecule has 5 nitrogen and oxygen atoms in total. The van der Waals surface area contributed by atoms with Gasteiger partial charge in [-0.3, -0.25) is 9.59 Å². The molecule has 0 saturated heterocycles. The van der Waals surface area contributed by atoms with Gasteiger partial charge in [0.25, 0.3) is 11.8 Å². The van der Waals surface area contributed by atoms with Crippen molar-refractivity contribution in [2.45, 2.75) is 38.0 Å². The first-order valence-corrected chi connectivity index (χ1v) is 9.31. The molecule has 1 aliphatic heterocycles. The molecule has 0 unspecified atom stereocenters. The summed E-state index contributed by atoms with van der Waals surface area (Å²) in [4.78, 5) is 43.2. The lowest BCUT2D eigenvalue weighted by Crippen LogP contribution is -2.32. The zero-order valence-corrected chi connectivity index (χ0v) is 14.4. The summed E-state index contributed by atoms with van der Waals surface area (Å²) in [5.41, 5.74) is 0.907. The number of carbonyl (C=O) groups excluding carboxylic acids is 3. The number of hydroxylamine groups is 2. The Labute approximate surface area is 149 Å². The number of thiophene rings is 1. The lowest BCUT2D eigenvalue weighted by Gasteiger charge is -2.19. The van der Waals surface area contributed by atoms with Crippen LogP contribution >= 0.6 is 11.3 Å². The molecule has 4 rings (SSSR count). The van der Waals surface area contributed by atoms with Crippen molar-refractivity contribution in [2.75, 3.05) is 0 Å². The van der Waals surface area contributed by atoms with Crippen molar-refractivity contribution in [2.24, 2.45) is 0 Å². The number of nitrogens with zero attached hydrogens (tertiary/aromatic N) is 1. The number of rotatable bonds is 3. The van der Waals surface area contributed by atoms with E-state index in [4.69, 9.17) is 4.84 Å². The van der Waals surface area contributed by atoms with E-state index in [1.54, 1.807) is 41.0 Å². The summed E-state index contributed by atoms with van der Waals surface area (Å²) in [6.45, 7) is 0. The molecule has 1 aliphatic carbocycles. The lowest BCUT2D eigenvalue weighted by atomic mass is 9.88. The van der Waals surface area contributed by atoms with E-state index in [0.29, 0.717) is 16.5 Å². The minimum atomic E-state index is -0.673. The van der Waals surface area contributed by atoms with Crippen LogP contribution in [0.25, 0.3) is 0 Å². The van der Waals surface area contributed by atoms with Crippen LogP contribution < -0.4 is 0 Å². The Morgan fingerprint density at radius 2 is 1.68 bits per heavy atom. The fourth-order valence-corrected chi connectivity index (χ4v) is 4.50. The van der Waals surface area contributed by atoms with Gasteiger partial charge in [-0.2, -0.15) is 0 Å². The maximum absolute atomic E-state index is 12.4. The zero-order chi connectivity index (χ0) is 17.4. The van der Waals surface area contributed by atoms with Crippen molar-refractivity contribution < 1.29 is 19.2 Å². The molecule has 0 spiro atoms. The summed E-state index contributed by atoms with van der Waals surface area (Å²) < 4.78 is 0. The number of amides is 2. The average molecular weight is 355 g/mol. The van der Waals surface area contributed by atoms with Crippen LogP contribution in [0.15, 0.2) is 35.7 Å². The molecule has 0 radical (unpaired) electrons. The van der Waals surface area contributed by atoms with Gasteiger partial charge in [0.1, 0.15) is 0 Å². The second-order valence-electron chi connectivity index (χ2n) is 6.40. The number of carbonyl (C=O) groups is 3. The summed E-state index contributed by atoms with van der Waals surface area (Å²) in [6.07, 6.45) is 6.01. The molecule has 2 aromatic rings. The van der Waals surface area contributed by atoms with Crippen molar-refractivity contribution in [3.05, 3.63) is 57.3 Å². The molecule has 1 fully saturated rings. The molecule has 2 heterocycles. The van der Waals surface area contributed by atoms with Crippen LogP contribution in [-0.4, -0.2) is 22.8 Å². The largest absolute Gasteiger partial charge is 0.364 e. The van der Waals surface area contributed by atoms with Gasteiger partial charge >= 0.3 is 5.97 Å². The van der Waals surface area contributed by atoms with E-state index >= 15 is 0 Å². The quantitative estimate of drug-likeness (QED) is 0.776.